The zero-order valence-corrected chi connectivity index (χ0v) is 13.4. The van der Waals surface area contributed by atoms with E-state index < -0.39 is 18.5 Å². The molecule has 7 heteroatoms. The number of carbonyl (C=O) groups excluding carboxylic acids is 3. The minimum atomic E-state index is -0.611. The van der Waals surface area contributed by atoms with Gasteiger partial charge in [-0.2, -0.15) is 0 Å². The van der Waals surface area contributed by atoms with Gasteiger partial charge in [0, 0.05) is 6.54 Å². The van der Waals surface area contributed by atoms with Crippen LogP contribution < -0.4 is 15.4 Å². The Hall–Kier alpha value is -2.57. The van der Waals surface area contributed by atoms with Gasteiger partial charge in [-0.1, -0.05) is 6.92 Å². The fourth-order valence-corrected chi connectivity index (χ4v) is 1.61. The summed E-state index contributed by atoms with van der Waals surface area (Å²) >= 11 is 0. The molecule has 0 aromatic heterocycles. The Labute approximate surface area is 135 Å². The molecule has 0 unspecified atom stereocenters. The van der Waals surface area contributed by atoms with Gasteiger partial charge in [0.25, 0.3) is 5.91 Å². The highest BCUT2D eigenvalue weighted by atomic mass is 16.5. The highest BCUT2D eigenvalue weighted by molar-refractivity contribution is 5.92. The summed E-state index contributed by atoms with van der Waals surface area (Å²) < 4.78 is 10.3. The predicted molar refractivity (Wildman–Crippen MR) is 84.2 cm³/mol. The lowest BCUT2D eigenvalue weighted by atomic mass is 10.2. The molecule has 0 radical (unpaired) electrons. The lowest BCUT2D eigenvalue weighted by Gasteiger charge is -2.07. The summed E-state index contributed by atoms with van der Waals surface area (Å²) in [6.45, 7) is 4.29. The number of hydrogen-bond donors (Lipinski definition) is 2. The molecule has 7 nitrogen and oxygen atoms in total. The number of esters is 1. The van der Waals surface area contributed by atoms with Crippen LogP contribution in [0.5, 0.6) is 5.75 Å². The zero-order chi connectivity index (χ0) is 17.1. The quantitative estimate of drug-likeness (QED) is 0.658. The first kappa shape index (κ1) is 18.5. The molecule has 1 aromatic rings. The highest BCUT2D eigenvalue weighted by Crippen LogP contribution is 2.13. The molecule has 0 aliphatic carbocycles. The minimum absolute atomic E-state index is 0.145. The molecule has 0 aliphatic heterocycles. The number of hydrogen-bond acceptors (Lipinski definition) is 5. The Bertz CT molecular complexity index is 528. The summed E-state index contributed by atoms with van der Waals surface area (Å²) in [5.74, 6) is -0.773. The first-order valence-corrected chi connectivity index (χ1v) is 7.50. The van der Waals surface area contributed by atoms with Gasteiger partial charge < -0.3 is 20.1 Å². The maximum atomic E-state index is 11.8. The Morgan fingerprint density at radius 1 is 1.00 bits per heavy atom. The smallest absolute Gasteiger partial charge is 0.338 e. The maximum absolute atomic E-state index is 11.8. The van der Waals surface area contributed by atoms with Gasteiger partial charge in [-0.3, -0.25) is 9.59 Å². The van der Waals surface area contributed by atoms with Crippen LogP contribution in [0, 0.1) is 0 Å². The van der Waals surface area contributed by atoms with Gasteiger partial charge in [0.2, 0.25) is 5.91 Å². The molecule has 0 aliphatic rings. The monoisotopic (exact) mass is 322 g/mol. The van der Waals surface area contributed by atoms with E-state index in [0.717, 1.165) is 6.42 Å². The van der Waals surface area contributed by atoms with Crippen molar-refractivity contribution in [3.05, 3.63) is 29.8 Å². The number of carbonyl (C=O) groups is 3. The number of rotatable bonds is 9. The first-order valence-electron chi connectivity index (χ1n) is 7.50. The van der Waals surface area contributed by atoms with E-state index in [9.17, 15) is 14.4 Å². The summed E-state index contributed by atoms with van der Waals surface area (Å²) in [6.07, 6.45) is 0.898. The van der Waals surface area contributed by atoms with Crippen LogP contribution in [0.15, 0.2) is 24.3 Å². The van der Waals surface area contributed by atoms with Crippen molar-refractivity contribution in [3.63, 3.8) is 0 Å². The molecule has 0 bridgehead atoms. The van der Waals surface area contributed by atoms with Crippen LogP contribution in [0.1, 0.15) is 30.6 Å². The average molecular weight is 322 g/mol. The fraction of sp³-hybridized carbons (Fsp3) is 0.438. The van der Waals surface area contributed by atoms with Crippen LogP contribution in [-0.4, -0.2) is 44.1 Å². The average Bonchev–Trinajstić information content (AvgIpc) is 2.56. The third-order valence-electron chi connectivity index (χ3n) is 2.72. The van der Waals surface area contributed by atoms with E-state index in [1.54, 1.807) is 31.2 Å². The number of benzene rings is 1. The van der Waals surface area contributed by atoms with Gasteiger partial charge in [0.05, 0.1) is 18.7 Å². The second-order valence-corrected chi connectivity index (χ2v) is 4.68. The summed E-state index contributed by atoms with van der Waals surface area (Å²) in [5.41, 5.74) is 0.324. The molecule has 0 saturated carbocycles. The van der Waals surface area contributed by atoms with Gasteiger partial charge in [-0.05, 0) is 37.6 Å². The van der Waals surface area contributed by atoms with Gasteiger partial charge >= 0.3 is 5.97 Å². The summed E-state index contributed by atoms with van der Waals surface area (Å²) in [5, 5.41) is 4.90. The molecule has 2 N–H and O–H groups in total. The lowest BCUT2D eigenvalue weighted by molar-refractivity contribution is -0.127. The summed E-state index contributed by atoms with van der Waals surface area (Å²) in [7, 11) is 0. The molecule has 2 amide bonds. The molecule has 1 rings (SSSR count). The number of likely N-dealkylation sites (N-methyl/N-ethyl adjacent to an activating group) is 1. The number of ether oxygens (including phenoxy) is 2. The van der Waals surface area contributed by atoms with Crippen LogP contribution in [0.4, 0.5) is 0 Å². The SMILES string of the molecule is CCCOc1ccc(C(=O)OCC(=O)NCC(=O)NCC)cc1. The second kappa shape index (κ2) is 10.2. The van der Waals surface area contributed by atoms with E-state index in [1.807, 2.05) is 6.92 Å². The largest absolute Gasteiger partial charge is 0.494 e. The van der Waals surface area contributed by atoms with Crippen molar-refractivity contribution >= 4 is 17.8 Å². The maximum Gasteiger partial charge on any atom is 0.338 e. The van der Waals surface area contributed by atoms with Crippen molar-refractivity contribution < 1.29 is 23.9 Å². The summed E-state index contributed by atoms with van der Waals surface area (Å²) in [4.78, 5) is 34.4. The van der Waals surface area contributed by atoms with E-state index in [0.29, 0.717) is 24.5 Å². The molecule has 23 heavy (non-hydrogen) atoms. The van der Waals surface area contributed by atoms with Crippen LogP contribution in [-0.2, 0) is 14.3 Å². The molecule has 0 atom stereocenters. The highest BCUT2D eigenvalue weighted by Gasteiger charge is 2.11. The van der Waals surface area contributed by atoms with E-state index in [2.05, 4.69) is 10.6 Å². The molecule has 1 aromatic carbocycles. The molecular formula is C16H22N2O5. The molecule has 0 spiro atoms. The van der Waals surface area contributed by atoms with Crippen molar-refractivity contribution in [3.8, 4) is 5.75 Å². The molecular weight excluding hydrogens is 300 g/mol. The van der Waals surface area contributed by atoms with Crippen molar-refractivity contribution in [1.29, 1.82) is 0 Å². The molecule has 0 fully saturated rings. The van der Waals surface area contributed by atoms with E-state index in [-0.39, 0.29) is 12.5 Å². The first-order chi connectivity index (χ1) is 11.1. The molecule has 126 valence electrons. The Morgan fingerprint density at radius 3 is 2.30 bits per heavy atom. The second-order valence-electron chi connectivity index (χ2n) is 4.68. The number of amides is 2. The molecule has 0 heterocycles. The van der Waals surface area contributed by atoms with E-state index in [4.69, 9.17) is 9.47 Å². The third-order valence-corrected chi connectivity index (χ3v) is 2.72. The standard InChI is InChI=1S/C16H22N2O5/c1-3-9-22-13-7-5-12(6-8-13)16(21)23-11-15(20)18-10-14(19)17-4-2/h5-8H,3-4,9-11H2,1-2H3,(H,17,19)(H,18,20). The summed E-state index contributed by atoms with van der Waals surface area (Å²) in [6, 6.07) is 6.47. The Morgan fingerprint density at radius 2 is 1.70 bits per heavy atom. The van der Waals surface area contributed by atoms with Crippen molar-refractivity contribution in [2.24, 2.45) is 0 Å². The van der Waals surface area contributed by atoms with E-state index in [1.165, 1.54) is 0 Å². The normalized spacial score (nSPS) is 9.83. The molecule has 0 saturated heterocycles. The van der Waals surface area contributed by atoms with Crippen LogP contribution >= 0.6 is 0 Å². The predicted octanol–water partition coefficient (Wildman–Crippen LogP) is 0.885. The topological polar surface area (TPSA) is 93.7 Å². The van der Waals surface area contributed by atoms with Gasteiger partial charge in [0.15, 0.2) is 6.61 Å². The van der Waals surface area contributed by atoms with Crippen LogP contribution in [0.3, 0.4) is 0 Å². The van der Waals surface area contributed by atoms with Gasteiger partial charge in [-0.15, -0.1) is 0 Å². The van der Waals surface area contributed by atoms with Gasteiger partial charge in [0.1, 0.15) is 5.75 Å². The van der Waals surface area contributed by atoms with Crippen LogP contribution in [0.2, 0.25) is 0 Å². The van der Waals surface area contributed by atoms with Gasteiger partial charge in [-0.25, -0.2) is 4.79 Å². The fourth-order valence-electron chi connectivity index (χ4n) is 1.61. The minimum Gasteiger partial charge on any atom is -0.494 e. The third kappa shape index (κ3) is 7.30. The van der Waals surface area contributed by atoms with Crippen LogP contribution in [0.25, 0.3) is 0 Å². The van der Waals surface area contributed by atoms with Crippen molar-refractivity contribution in [2.45, 2.75) is 20.3 Å². The van der Waals surface area contributed by atoms with E-state index >= 15 is 0 Å². The Balaban J connectivity index is 2.35. The number of nitrogens with one attached hydrogen (secondary N) is 2. The zero-order valence-electron chi connectivity index (χ0n) is 13.4. The Kier molecular flexibility index (Phi) is 8.20. The lowest BCUT2D eigenvalue weighted by Crippen LogP contribution is -2.38. The van der Waals surface area contributed by atoms with Crippen molar-refractivity contribution in [2.75, 3.05) is 26.3 Å². The van der Waals surface area contributed by atoms with Crippen molar-refractivity contribution in [1.82, 2.24) is 10.6 Å².